The number of hydrogen-bond donors (Lipinski definition) is 1. The number of aliphatic hydroxyl groups excluding tert-OH is 1. The van der Waals surface area contributed by atoms with Crippen LogP contribution in [-0.2, 0) is 13.0 Å². The van der Waals surface area contributed by atoms with Crippen molar-refractivity contribution in [3.63, 3.8) is 0 Å². The molecule has 1 saturated heterocycles. The number of amides is 1. The van der Waals surface area contributed by atoms with Crippen molar-refractivity contribution < 1.29 is 14.6 Å². The Labute approximate surface area is 191 Å². The predicted octanol–water partition coefficient (Wildman–Crippen LogP) is 4.01. The van der Waals surface area contributed by atoms with Gasteiger partial charge in [-0.05, 0) is 73.5 Å². The van der Waals surface area contributed by atoms with Crippen LogP contribution in [0.3, 0.4) is 0 Å². The maximum Gasteiger partial charge on any atom is 0.254 e. The Morgan fingerprint density at radius 1 is 0.969 bits per heavy atom. The molecule has 2 aliphatic heterocycles. The Hall–Kier alpha value is -2.37. The lowest BCUT2D eigenvalue weighted by molar-refractivity contribution is 0.00588. The number of fused-ring (bicyclic) bond motifs is 3. The van der Waals surface area contributed by atoms with Gasteiger partial charge in [0, 0.05) is 37.7 Å². The quantitative estimate of drug-likeness (QED) is 0.776. The molecule has 5 rings (SSSR count). The topological polar surface area (TPSA) is 53.0 Å². The first-order chi connectivity index (χ1) is 15.7. The van der Waals surface area contributed by atoms with Gasteiger partial charge in [-0.3, -0.25) is 9.69 Å². The third-order valence-electron chi connectivity index (χ3n) is 7.17. The molecule has 0 aromatic heterocycles. The molecular formula is C27H34N2O3. The summed E-state index contributed by atoms with van der Waals surface area (Å²) in [7, 11) is 0. The van der Waals surface area contributed by atoms with Crippen molar-refractivity contribution in [2.24, 2.45) is 0 Å². The summed E-state index contributed by atoms with van der Waals surface area (Å²) in [6, 6.07) is 15.4. The number of likely N-dealkylation sites (tertiary alicyclic amines) is 1. The zero-order valence-corrected chi connectivity index (χ0v) is 18.8. The van der Waals surface area contributed by atoms with E-state index in [2.05, 4.69) is 29.2 Å². The first-order valence-corrected chi connectivity index (χ1v) is 12.2. The van der Waals surface area contributed by atoms with Gasteiger partial charge >= 0.3 is 0 Å². The first-order valence-electron chi connectivity index (χ1n) is 12.2. The SMILES string of the molecule is O=C(c1ccc2c(c1)Cc1cccc(c1)CN(C1CCC1)CCCCCO2)N1CC(O)C1. The van der Waals surface area contributed by atoms with Gasteiger partial charge in [-0.15, -0.1) is 0 Å². The summed E-state index contributed by atoms with van der Waals surface area (Å²) in [5, 5.41) is 9.56. The second-order valence-corrected chi connectivity index (χ2v) is 9.65. The average Bonchev–Trinajstić information content (AvgIpc) is 2.72. The lowest BCUT2D eigenvalue weighted by Gasteiger charge is -2.38. The van der Waals surface area contributed by atoms with Gasteiger partial charge in [0.25, 0.3) is 5.91 Å². The maximum absolute atomic E-state index is 12.8. The number of rotatable bonds is 2. The van der Waals surface area contributed by atoms with E-state index < -0.39 is 0 Å². The lowest BCUT2D eigenvalue weighted by Crippen LogP contribution is -2.53. The second kappa shape index (κ2) is 9.63. The van der Waals surface area contributed by atoms with Crippen LogP contribution < -0.4 is 4.74 Å². The van der Waals surface area contributed by atoms with Crippen LogP contribution >= 0.6 is 0 Å². The van der Waals surface area contributed by atoms with Crippen LogP contribution in [0.1, 0.15) is 65.6 Å². The normalized spacial score (nSPS) is 21.0. The van der Waals surface area contributed by atoms with Crippen molar-refractivity contribution >= 4 is 5.91 Å². The van der Waals surface area contributed by atoms with Crippen molar-refractivity contribution in [1.29, 1.82) is 0 Å². The highest BCUT2D eigenvalue weighted by atomic mass is 16.5. The van der Waals surface area contributed by atoms with Crippen LogP contribution in [0.15, 0.2) is 42.5 Å². The van der Waals surface area contributed by atoms with E-state index in [9.17, 15) is 9.90 Å². The van der Waals surface area contributed by atoms with Gasteiger partial charge in [-0.25, -0.2) is 0 Å². The van der Waals surface area contributed by atoms with Crippen molar-refractivity contribution in [3.8, 4) is 5.75 Å². The molecule has 32 heavy (non-hydrogen) atoms. The van der Waals surface area contributed by atoms with Gasteiger partial charge in [0.2, 0.25) is 0 Å². The minimum atomic E-state index is -0.387. The van der Waals surface area contributed by atoms with E-state index in [1.54, 1.807) is 4.90 Å². The Balaban J connectivity index is 1.40. The van der Waals surface area contributed by atoms with E-state index in [-0.39, 0.29) is 12.0 Å². The van der Waals surface area contributed by atoms with Gasteiger partial charge in [0.15, 0.2) is 0 Å². The Bertz CT molecular complexity index is 950. The number of β-amino-alcohol motifs (C(OH)–C–C–N with tert-alkyl or cyclic N) is 1. The Morgan fingerprint density at radius 2 is 1.81 bits per heavy atom. The van der Waals surface area contributed by atoms with E-state index in [0.29, 0.717) is 25.3 Å². The number of carbonyl (C=O) groups excluding carboxylic acids is 1. The van der Waals surface area contributed by atoms with Crippen molar-refractivity contribution in [2.75, 3.05) is 26.2 Å². The highest BCUT2D eigenvalue weighted by Crippen LogP contribution is 2.29. The fraction of sp³-hybridized carbons (Fsp3) is 0.519. The number of hydrogen-bond acceptors (Lipinski definition) is 4. The molecule has 1 aliphatic carbocycles. The summed E-state index contributed by atoms with van der Waals surface area (Å²) in [5.41, 5.74) is 4.35. The minimum absolute atomic E-state index is 0.0117. The summed E-state index contributed by atoms with van der Waals surface area (Å²) >= 11 is 0. The lowest BCUT2D eigenvalue weighted by atomic mass is 9.90. The van der Waals surface area contributed by atoms with E-state index in [1.807, 2.05) is 18.2 Å². The molecule has 1 saturated carbocycles. The van der Waals surface area contributed by atoms with E-state index in [1.165, 1.54) is 49.8 Å². The molecule has 2 aromatic rings. The van der Waals surface area contributed by atoms with Gasteiger partial charge in [0.1, 0.15) is 5.75 Å². The summed E-state index contributed by atoms with van der Waals surface area (Å²) in [6.45, 7) is 3.75. The summed E-state index contributed by atoms with van der Waals surface area (Å²) in [5.74, 6) is 0.867. The number of benzene rings is 2. The Kier molecular flexibility index (Phi) is 6.47. The van der Waals surface area contributed by atoms with E-state index in [0.717, 1.165) is 36.7 Å². The van der Waals surface area contributed by atoms with Gasteiger partial charge in [-0.2, -0.15) is 0 Å². The summed E-state index contributed by atoms with van der Waals surface area (Å²) in [4.78, 5) is 17.2. The molecule has 3 aliphatic rings. The number of aliphatic hydroxyl groups is 1. The fourth-order valence-corrected chi connectivity index (χ4v) is 5.01. The van der Waals surface area contributed by atoms with E-state index >= 15 is 0 Å². The van der Waals surface area contributed by atoms with Crippen LogP contribution in [-0.4, -0.2) is 59.2 Å². The van der Waals surface area contributed by atoms with Crippen molar-refractivity contribution in [1.82, 2.24) is 9.80 Å². The molecule has 2 aromatic carbocycles. The molecule has 0 atom stereocenters. The van der Waals surface area contributed by atoms with Crippen molar-refractivity contribution in [2.45, 2.75) is 63.6 Å². The molecule has 1 N–H and O–H groups in total. The van der Waals surface area contributed by atoms with E-state index in [4.69, 9.17) is 4.74 Å². The highest BCUT2D eigenvalue weighted by molar-refractivity contribution is 5.95. The molecule has 2 bridgehead atoms. The second-order valence-electron chi connectivity index (χ2n) is 9.65. The van der Waals surface area contributed by atoms with Gasteiger partial charge in [-0.1, -0.05) is 30.7 Å². The molecule has 2 fully saturated rings. The Morgan fingerprint density at radius 3 is 2.59 bits per heavy atom. The fourth-order valence-electron chi connectivity index (χ4n) is 5.01. The molecule has 170 valence electrons. The minimum Gasteiger partial charge on any atom is -0.493 e. The average molecular weight is 435 g/mol. The largest absolute Gasteiger partial charge is 0.493 e. The number of carbonyl (C=O) groups is 1. The third kappa shape index (κ3) is 4.84. The zero-order chi connectivity index (χ0) is 21.9. The number of nitrogens with zero attached hydrogens (tertiary/aromatic N) is 2. The molecule has 1 amide bonds. The van der Waals surface area contributed by atoms with Crippen LogP contribution in [0.25, 0.3) is 0 Å². The predicted molar refractivity (Wildman–Crippen MR) is 125 cm³/mol. The smallest absolute Gasteiger partial charge is 0.254 e. The van der Waals surface area contributed by atoms with Crippen LogP contribution in [0.5, 0.6) is 5.75 Å². The third-order valence-corrected chi connectivity index (χ3v) is 7.17. The van der Waals surface area contributed by atoms with Crippen LogP contribution in [0.4, 0.5) is 0 Å². The number of ether oxygens (including phenoxy) is 1. The monoisotopic (exact) mass is 434 g/mol. The van der Waals surface area contributed by atoms with Gasteiger partial charge < -0.3 is 14.7 Å². The molecule has 0 radical (unpaired) electrons. The van der Waals surface area contributed by atoms with Crippen molar-refractivity contribution in [3.05, 3.63) is 64.7 Å². The summed E-state index contributed by atoms with van der Waals surface area (Å²) in [6.07, 6.45) is 7.83. The standard InChI is InChI=1S/C27H34N2O3/c30-25-18-29(19-25)27(31)22-10-11-26-23(16-22)15-20-6-4-7-21(14-20)17-28(24-8-5-9-24)12-2-1-3-13-32-26/h4,6-7,10-11,14,16,24-25,30H,1-3,5,8-9,12-13,15,17-19H2. The van der Waals surface area contributed by atoms with Crippen LogP contribution in [0.2, 0.25) is 0 Å². The zero-order valence-electron chi connectivity index (χ0n) is 18.8. The molecule has 0 unspecified atom stereocenters. The first kappa shape index (κ1) is 21.5. The van der Waals surface area contributed by atoms with Gasteiger partial charge in [0.05, 0.1) is 12.7 Å². The molecular weight excluding hydrogens is 400 g/mol. The molecule has 0 spiro atoms. The maximum atomic E-state index is 12.8. The summed E-state index contributed by atoms with van der Waals surface area (Å²) < 4.78 is 6.18. The van der Waals surface area contributed by atoms with Crippen LogP contribution in [0, 0.1) is 0 Å². The molecule has 5 nitrogen and oxygen atoms in total. The highest BCUT2D eigenvalue weighted by Gasteiger charge is 2.30. The molecule has 2 heterocycles. The molecule has 5 heteroatoms.